The summed E-state index contributed by atoms with van der Waals surface area (Å²) in [5.41, 5.74) is 0. The molecule has 1 aromatic heterocycles. The zero-order valence-corrected chi connectivity index (χ0v) is 14.6. The van der Waals surface area contributed by atoms with Crippen LogP contribution in [0.15, 0.2) is 11.5 Å². The third-order valence-corrected chi connectivity index (χ3v) is 4.86. The SMILES string of the molecule is CCCCCS(=O)(=O)c1ncn(C(=O)N(CCC)C(C)C)n1. The van der Waals surface area contributed by atoms with Crippen LogP contribution in [0.1, 0.15) is 53.4 Å². The van der Waals surface area contributed by atoms with Gasteiger partial charge in [-0.25, -0.2) is 18.2 Å². The van der Waals surface area contributed by atoms with Gasteiger partial charge >= 0.3 is 6.03 Å². The number of hydrogen-bond donors (Lipinski definition) is 0. The highest BCUT2D eigenvalue weighted by molar-refractivity contribution is 7.91. The fourth-order valence-electron chi connectivity index (χ4n) is 2.06. The number of unbranched alkanes of at least 4 members (excludes halogenated alkanes) is 2. The van der Waals surface area contributed by atoms with Crippen molar-refractivity contribution in [1.82, 2.24) is 19.7 Å². The first-order chi connectivity index (χ1) is 10.3. The van der Waals surface area contributed by atoms with Crippen LogP contribution in [0.5, 0.6) is 0 Å². The summed E-state index contributed by atoms with van der Waals surface area (Å²) in [6.07, 6.45) is 4.36. The van der Waals surface area contributed by atoms with Crippen LogP contribution >= 0.6 is 0 Å². The molecule has 0 aliphatic carbocycles. The van der Waals surface area contributed by atoms with Crippen LogP contribution in [0.2, 0.25) is 0 Å². The highest BCUT2D eigenvalue weighted by Gasteiger charge is 2.24. The molecule has 0 atom stereocenters. The summed E-state index contributed by atoms with van der Waals surface area (Å²) < 4.78 is 25.2. The van der Waals surface area contributed by atoms with Crippen molar-refractivity contribution in [2.45, 2.75) is 64.6 Å². The first-order valence-corrected chi connectivity index (χ1v) is 9.44. The maximum absolute atomic E-state index is 12.4. The molecule has 0 aromatic carbocycles. The summed E-state index contributed by atoms with van der Waals surface area (Å²) in [6.45, 7) is 8.40. The second-order valence-corrected chi connectivity index (χ2v) is 7.57. The van der Waals surface area contributed by atoms with Crippen molar-refractivity contribution < 1.29 is 13.2 Å². The molecule has 0 aliphatic rings. The summed E-state index contributed by atoms with van der Waals surface area (Å²) in [5, 5.41) is 3.61. The molecule has 0 spiro atoms. The Bertz CT molecular complexity index is 581. The monoisotopic (exact) mass is 330 g/mol. The standard InChI is InChI=1S/C14H26N4O3S/c1-5-7-8-10-22(20,21)13-15-11-18(16-13)14(19)17(9-6-2)12(3)4/h11-12H,5-10H2,1-4H3. The van der Waals surface area contributed by atoms with Crippen molar-refractivity contribution in [3.8, 4) is 0 Å². The largest absolute Gasteiger partial charge is 0.346 e. The van der Waals surface area contributed by atoms with E-state index in [1.165, 1.54) is 6.33 Å². The van der Waals surface area contributed by atoms with E-state index >= 15 is 0 Å². The van der Waals surface area contributed by atoms with Gasteiger partial charge < -0.3 is 4.90 Å². The van der Waals surface area contributed by atoms with Crippen molar-refractivity contribution >= 4 is 15.9 Å². The summed E-state index contributed by atoms with van der Waals surface area (Å²) in [4.78, 5) is 17.8. The van der Waals surface area contributed by atoms with E-state index in [9.17, 15) is 13.2 Å². The van der Waals surface area contributed by atoms with Gasteiger partial charge in [0.05, 0.1) is 5.75 Å². The van der Waals surface area contributed by atoms with Gasteiger partial charge in [-0.1, -0.05) is 26.7 Å². The lowest BCUT2D eigenvalue weighted by Crippen LogP contribution is -2.40. The molecule has 1 amide bonds. The molecule has 0 fully saturated rings. The van der Waals surface area contributed by atoms with E-state index < -0.39 is 9.84 Å². The minimum atomic E-state index is -3.52. The number of carbonyl (C=O) groups is 1. The number of amides is 1. The average molecular weight is 330 g/mol. The molecular weight excluding hydrogens is 304 g/mol. The minimum Gasteiger partial charge on any atom is -0.320 e. The van der Waals surface area contributed by atoms with Crippen LogP contribution in [0.4, 0.5) is 4.79 Å². The summed E-state index contributed by atoms with van der Waals surface area (Å²) in [7, 11) is -3.52. The van der Waals surface area contributed by atoms with Crippen LogP contribution in [0.3, 0.4) is 0 Å². The number of rotatable bonds is 8. The van der Waals surface area contributed by atoms with Gasteiger partial charge in [0.15, 0.2) is 0 Å². The molecule has 0 saturated carbocycles. The van der Waals surface area contributed by atoms with Gasteiger partial charge in [-0.3, -0.25) is 0 Å². The summed E-state index contributed by atoms with van der Waals surface area (Å²) >= 11 is 0. The van der Waals surface area contributed by atoms with E-state index in [4.69, 9.17) is 0 Å². The second-order valence-electron chi connectivity index (χ2n) is 5.57. The maximum Gasteiger partial charge on any atom is 0.346 e. The number of hydrogen-bond acceptors (Lipinski definition) is 5. The highest BCUT2D eigenvalue weighted by Crippen LogP contribution is 2.09. The quantitative estimate of drug-likeness (QED) is 0.683. The molecule has 8 heteroatoms. The number of nitrogens with zero attached hydrogens (tertiary/aromatic N) is 4. The number of sulfone groups is 1. The second kappa shape index (κ2) is 8.26. The van der Waals surface area contributed by atoms with Crippen molar-refractivity contribution in [3.05, 3.63) is 6.33 Å². The van der Waals surface area contributed by atoms with Gasteiger partial charge in [-0.15, -0.1) is 5.10 Å². The van der Waals surface area contributed by atoms with Gasteiger partial charge in [-0.2, -0.15) is 4.68 Å². The van der Waals surface area contributed by atoms with Gasteiger partial charge in [0.2, 0.25) is 9.84 Å². The molecule has 7 nitrogen and oxygen atoms in total. The molecule has 126 valence electrons. The van der Waals surface area contributed by atoms with Crippen LogP contribution < -0.4 is 0 Å². The zero-order valence-electron chi connectivity index (χ0n) is 13.8. The maximum atomic E-state index is 12.4. The third-order valence-electron chi connectivity index (χ3n) is 3.30. The van der Waals surface area contributed by atoms with E-state index in [1.54, 1.807) is 4.90 Å². The molecule has 22 heavy (non-hydrogen) atoms. The minimum absolute atomic E-state index is 0.0151. The van der Waals surface area contributed by atoms with Crippen LogP contribution in [-0.4, -0.2) is 52.5 Å². The van der Waals surface area contributed by atoms with Crippen molar-refractivity contribution in [2.75, 3.05) is 12.3 Å². The Balaban J connectivity index is 2.88. The summed E-state index contributed by atoms with van der Waals surface area (Å²) in [5.74, 6) is 0.0158. The lowest BCUT2D eigenvalue weighted by molar-refractivity contribution is 0.181. The van der Waals surface area contributed by atoms with Crippen LogP contribution in [0.25, 0.3) is 0 Å². The predicted molar refractivity (Wildman–Crippen MR) is 84.5 cm³/mol. The fourth-order valence-corrected chi connectivity index (χ4v) is 3.25. The molecule has 0 N–H and O–H groups in total. The Hall–Kier alpha value is -1.44. The number of aromatic nitrogens is 3. The first-order valence-electron chi connectivity index (χ1n) is 7.78. The van der Waals surface area contributed by atoms with Crippen molar-refractivity contribution in [3.63, 3.8) is 0 Å². The molecule has 1 aromatic rings. The Morgan fingerprint density at radius 2 is 1.95 bits per heavy atom. The molecule has 0 aliphatic heterocycles. The Kier molecular flexibility index (Phi) is 6.99. The van der Waals surface area contributed by atoms with E-state index in [1.807, 2.05) is 27.7 Å². The van der Waals surface area contributed by atoms with Gasteiger partial charge in [-0.05, 0) is 26.7 Å². The summed E-state index contributed by atoms with van der Waals surface area (Å²) in [6, 6.07) is -0.333. The smallest absolute Gasteiger partial charge is 0.320 e. The van der Waals surface area contributed by atoms with Crippen LogP contribution in [0, 0.1) is 0 Å². The van der Waals surface area contributed by atoms with Gasteiger partial charge in [0.1, 0.15) is 6.33 Å². The molecule has 0 bridgehead atoms. The highest BCUT2D eigenvalue weighted by atomic mass is 32.2. The molecular formula is C14H26N4O3S. The van der Waals surface area contributed by atoms with E-state index in [-0.39, 0.29) is 23.0 Å². The number of carbonyl (C=O) groups excluding carboxylic acids is 1. The first kappa shape index (κ1) is 18.6. The Morgan fingerprint density at radius 1 is 1.27 bits per heavy atom. The van der Waals surface area contributed by atoms with E-state index in [0.29, 0.717) is 13.0 Å². The van der Waals surface area contributed by atoms with Crippen molar-refractivity contribution in [2.24, 2.45) is 0 Å². The van der Waals surface area contributed by atoms with Gasteiger partial charge in [0.25, 0.3) is 5.16 Å². The Labute approximate surface area is 132 Å². The normalized spacial score (nSPS) is 11.9. The topological polar surface area (TPSA) is 85.2 Å². The molecule has 0 radical (unpaired) electrons. The molecule has 1 rings (SSSR count). The molecule has 0 saturated heterocycles. The average Bonchev–Trinajstić information content (AvgIpc) is 2.94. The van der Waals surface area contributed by atoms with Crippen LogP contribution in [-0.2, 0) is 9.84 Å². The lowest BCUT2D eigenvalue weighted by Gasteiger charge is -2.25. The van der Waals surface area contributed by atoms with E-state index in [0.717, 1.165) is 23.9 Å². The predicted octanol–water partition coefficient (Wildman–Crippen LogP) is 2.33. The Morgan fingerprint density at radius 3 is 2.50 bits per heavy atom. The fraction of sp³-hybridized carbons (Fsp3) is 0.786. The zero-order chi connectivity index (χ0) is 16.8. The molecule has 0 unspecified atom stereocenters. The molecule has 1 heterocycles. The van der Waals surface area contributed by atoms with E-state index in [2.05, 4.69) is 10.1 Å². The van der Waals surface area contributed by atoms with Gasteiger partial charge in [0, 0.05) is 12.6 Å². The lowest BCUT2D eigenvalue weighted by atomic mass is 10.3. The van der Waals surface area contributed by atoms with Crippen molar-refractivity contribution in [1.29, 1.82) is 0 Å². The third kappa shape index (κ3) is 4.79.